The summed E-state index contributed by atoms with van der Waals surface area (Å²) in [6.07, 6.45) is 8.47. The second-order valence-corrected chi connectivity index (χ2v) is 9.28. The van der Waals surface area contributed by atoms with Crippen molar-refractivity contribution in [2.45, 2.75) is 38.0 Å². The third kappa shape index (κ3) is 4.80. The molecule has 1 aliphatic rings. The summed E-state index contributed by atoms with van der Waals surface area (Å²) < 4.78 is 5.93. The van der Waals surface area contributed by atoms with E-state index in [1.165, 1.54) is 49.0 Å². The number of nitrogens with zero attached hydrogens (tertiary/aromatic N) is 2. The first kappa shape index (κ1) is 20.3. The maximum Gasteiger partial charge on any atom is 0.209 e. The topological polar surface area (TPSA) is 54.7 Å². The molecule has 1 aliphatic carbocycles. The van der Waals surface area contributed by atoms with Crippen molar-refractivity contribution in [1.29, 1.82) is 0 Å². The van der Waals surface area contributed by atoms with E-state index < -0.39 is 0 Å². The van der Waals surface area contributed by atoms with Crippen molar-refractivity contribution in [3.05, 3.63) is 56.5 Å². The van der Waals surface area contributed by atoms with Crippen LogP contribution >= 0.6 is 33.9 Å². The van der Waals surface area contributed by atoms with Crippen LogP contribution in [0, 0.1) is 3.57 Å². The third-order valence-corrected chi connectivity index (χ3v) is 6.94. The van der Waals surface area contributed by atoms with Crippen LogP contribution in [0.25, 0.3) is 11.3 Å². The molecule has 0 amide bonds. The summed E-state index contributed by atoms with van der Waals surface area (Å²) >= 11 is 3.60. The normalized spacial score (nSPS) is 15.1. The van der Waals surface area contributed by atoms with Gasteiger partial charge in [-0.3, -0.25) is 0 Å². The summed E-state index contributed by atoms with van der Waals surface area (Å²) in [5, 5.41) is 12.7. The first-order valence-corrected chi connectivity index (χ1v) is 11.8. The van der Waals surface area contributed by atoms with Gasteiger partial charge in [-0.25, -0.2) is 9.98 Å². The van der Waals surface area contributed by atoms with E-state index in [1.54, 1.807) is 19.4 Å². The number of methoxy groups -OCH3 is 1. The van der Waals surface area contributed by atoms with E-state index in [9.17, 15) is 5.11 Å². The fourth-order valence-electron chi connectivity index (χ4n) is 3.77. The molecule has 150 valence electrons. The molecule has 1 aromatic heterocycles. The van der Waals surface area contributed by atoms with E-state index in [2.05, 4.69) is 56.8 Å². The third-order valence-electron chi connectivity index (χ3n) is 5.37. The molecule has 0 atom stereocenters. The fraction of sp³-hybridized carbons (Fsp3) is 0.304. The highest BCUT2D eigenvalue weighted by Gasteiger charge is 2.15. The van der Waals surface area contributed by atoms with Crippen LogP contribution in [0.5, 0.6) is 11.5 Å². The Hall–Kier alpha value is -1.93. The second kappa shape index (κ2) is 9.26. The first-order valence-electron chi connectivity index (χ1n) is 9.80. The van der Waals surface area contributed by atoms with Crippen LogP contribution < -0.4 is 4.74 Å². The molecule has 1 fully saturated rings. The summed E-state index contributed by atoms with van der Waals surface area (Å²) in [5.41, 5.74) is 4.40. The number of phenols is 1. The van der Waals surface area contributed by atoms with E-state index in [0.717, 1.165) is 26.3 Å². The zero-order chi connectivity index (χ0) is 20.2. The molecule has 0 aliphatic heterocycles. The molecule has 1 saturated carbocycles. The van der Waals surface area contributed by atoms with Crippen molar-refractivity contribution in [3.8, 4) is 22.8 Å². The highest BCUT2D eigenvalue weighted by atomic mass is 127. The minimum atomic E-state index is 0.151. The lowest BCUT2D eigenvalue weighted by molar-refractivity contribution is 0.371. The molecule has 3 aromatic rings. The smallest absolute Gasteiger partial charge is 0.209 e. The minimum Gasteiger partial charge on any atom is -0.504 e. The van der Waals surface area contributed by atoms with Gasteiger partial charge in [-0.15, -0.1) is 11.3 Å². The predicted octanol–water partition coefficient (Wildman–Crippen LogP) is 6.93. The zero-order valence-electron chi connectivity index (χ0n) is 16.3. The molecular formula is C23H23IN2O2S. The lowest BCUT2D eigenvalue weighted by atomic mass is 9.84. The van der Waals surface area contributed by atoms with Crippen molar-refractivity contribution < 1.29 is 9.84 Å². The molecule has 4 rings (SSSR count). The largest absolute Gasteiger partial charge is 0.504 e. The first-order chi connectivity index (χ1) is 14.1. The van der Waals surface area contributed by atoms with Crippen LogP contribution in [0.15, 0.2) is 46.8 Å². The number of hydrogen-bond donors (Lipinski definition) is 1. The SMILES string of the molecule is COc1cc(C=Nc2nc(-c3ccc(C4CCCCC4)cc3)cs2)cc(I)c1O. The van der Waals surface area contributed by atoms with Crippen LogP contribution in [-0.4, -0.2) is 23.4 Å². The number of benzene rings is 2. The molecule has 0 spiro atoms. The Bertz CT molecular complexity index is 1010. The molecular weight excluding hydrogens is 495 g/mol. The maximum absolute atomic E-state index is 9.95. The minimum absolute atomic E-state index is 0.151. The van der Waals surface area contributed by atoms with Gasteiger partial charge < -0.3 is 9.84 Å². The van der Waals surface area contributed by atoms with Gasteiger partial charge in [-0.05, 0) is 64.6 Å². The Morgan fingerprint density at radius 1 is 1.17 bits per heavy atom. The average molecular weight is 518 g/mol. The Morgan fingerprint density at radius 3 is 2.66 bits per heavy atom. The van der Waals surface area contributed by atoms with Gasteiger partial charge in [0.15, 0.2) is 11.5 Å². The van der Waals surface area contributed by atoms with Crippen LogP contribution in [-0.2, 0) is 0 Å². The van der Waals surface area contributed by atoms with Gasteiger partial charge in [-0.2, -0.15) is 0 Å². The maximum atomic E-state index is 9.95. The molecule has 1 heterocycles. The highest BCUT2D eigenvalue weighted by molar-refractivity contribution is 14.1. The number of aromatic nitrogens is 1. The van der Waals surface area contributed by atoms with E-state index in [0.29, 0.717) is 10.9 Å². The monoisotopic (exact) mass is 518 g/mol. The van der Waals surface area contributed by atoms with E-state index >= 15 is 0 Å². The van der Waals surface area contributed by atoms with Crippen LogP contribution in [0.4, 0.5) is 5.13 Å². The number of ether oxygens (including phenoxy) is 1. The van der Waals surface area contributed by atoms with Crippen LogP contribution in [0.1, 0.15) is 49.1 Å². The Morgan fingerprint density at radius 2 is 1.93 bits per heavy atom. The Labute approximate surface area is 188 Å². The quantitative estimate of drug-likeness (QED) is 0.295. The average Bonchev–Trinajstić information content (AvgIpc) is 3.24. The van der Waals surface area contributed by atoms with E-state index in [-0.39, 0.29) is 5.75 Å². The summed E-state index contributed by atoms with van der Waals surface area (Å²) in [5.74, 6) is 1.31. The molecule has 4 nitrogen and oxygen atoms in total. The van der Waals surface area contributed by atoms with E-state index in [4.69, 9.17) is 4.74 Å². The van der Waals surface area contributed by atoms with Gasteiger partial charge in [-0.1, -0.05) is 43.5 Å². The number of hydrogen-bond acceptors (Lipinski definition) is 5. The summed E-state index contributed by atoms with van der Waals surface area (Å²) in [7, 11) is 1.54. The number of phenolic OH excluding ortho intramolecular Hbond substituents is 1. The molecule has 0 bridgehead atoms. The van der Waals surface area contributed by atoms with Crippen molar-refractivity contribution in [2.75, 3.05) is 7.11 Å². The van der Waals surface area contributed by atoms with Gasteiger partial charge >= 0.3 is 0 Å². The van der Waals surface area contributed by atoms with Gasteiger partial charge in [0.25, 0.3) is 0 Å². The van der Waals surface area contributed by atoms with Gasteiger partial charge in [0.2, 0.25) is 5.13 Å². The van der Waals surface area contributed by atoms with E-state index in [1.807, 2.05) is 11.4 Å². The molecule has 6 heteroatoms. The molecule has 1 N–H and O–H groups in total. The summed E-state index contributed by atoms with van der Waals surface area (Å²) in [4.78, 5) is 9.16. The summed E-state index contributed by atoms with van der Waals surface area (Å²) in [6.45, 7) is 0. The van der Waals surface area contributed by atoms with Crippen molar-refractivity contribution in [2.24, 2.45) is 4.99 Å². The van der Waals surface area contributed by atoms with Gasteiger partial charge in [0.05, 0.1) is 16.4 Å². The summed E-state index contributed by atoms with van der Waals surface area (Å²) in [6, 6.07) is 12.5. The number of thiazole rings is 1. The number of halogens is 1. The number of rotatable bonds is 5. The molecule has 0 saturated heterocycles. The fourth-order valence-corrected chi connectivity index (χ4v) is 5.07. The predicted molar refractivity (Wildman–Crippen MR) is 128 cm³/mol. The van der Waals surface area contributed by atoms with Gasteiger partial charge in [0, 0.05) is 17.2 Å². The van der Waals surface area contributed by atoms with Crippen molar-refractivity contribution in [1.82, 2.24) is 4.98 Å². The molecule has 0 radical (unpaired) electrons. The van der Waals surface area contributed by atoms with Crippen LogP contribution in [0.3, 0.4) is 0 Å². The molecule has 29 heavy (non-hydrogen) atoms. The molecule has 2 aromatic carbocycles. The lowest BCUT2D eigenvalue weighted by Gasteiger charge is -2.22. The van der Waals surface area contributed by atoms with Crippen molar-refractivity contribution in [3.63, 3.8) is 0 Å². The lowest BCUT2D eigenvalue weighted by Crippen LogP contribution is -2.04. The zero-order valence-corrected chi connectivity index (χ0v) is 19.2. The number of aliphatic imine (C=N–C) groups is 1. The Balaban J connectivity index is 1.48. The Kier molecular flexibility index (Phi) is 6.50. The van der Waals surface area contributed by atoms with Crippen LogP contribution in [0.2, 0.25) is 0 Å². The second-order valence-electron chi connectivity index (χ2n) is 7.28. The van der Waals surface area contributed by atoms with Crippen molar-refractivity contribution >= 4 is 45.3 Å². The highest BCUT2D eigenvalue weighted by Crippen LogP contribution is 2.35. The number of aromatic hydroxyl groups is 1. The standard InChI is InChI=1S/C23H23IN2O2S/c1-28-21-12-15(11-19(24)22(21)27)13-25-23-26-20(14-29-23)18-9-7-17(8-10-18)16-5-3-2-4-6-16/h7-14,16,27H,2-6H2,1H3. The molecule has 0 unspecified atom stereocenters. The van der Waals surface area contributed by atoms with Gasteiger partial charge in [0.1, 0.15) is 0 Å².